The largest absolute Gasteiger partial charge is 0.308 e. The van der Waals surface area contributed by atoms with E-state index in [4.69, 9.17) is 0 Å². The van der Waals surface area contributed by atoms with Gasteiger partial charge in [0.1, 0.15) is 0 Å². The van der Waals surface area contributed by atoms with Crippen LogP contribution in [0.1, 0.15) is 52.4 Å². The van der Waals surface area contributed by atoms with E-state index in [1.54, 1.807) is 0 Å². The van der Waals surface area contributed by atoms with Gasteiger partial charge in [-0.15, -0.1) is 0 Å². The van der Waals surface area contributed by atoms with Gasteiger partial charge in [0.2, 0.25) is 0 Å². The second-order valence-electron chi connectivity index (χ2n) is 7.84. The van der Waals surface area contributed by atoms with Crippen LogP contribution in [0, 0.1) is 5.92 Å². The average molecular weight is 279 g/mol. The summed E-state index contributed by atoms with van der Waals surface area (Å²) in [5, 5.41) is 3.92. The van der Waals surface area contributed by atoms with Gasteiger partial charge in [0.25, 0.3) is 0 Å². The third kappa shape index (κ3) is 2.90. The maximum atomic E-state index is 3.92. The smallest absolute Gasteiger partial charge is 0.0309 e. The van der Waals surface area contributed by atoms with Crippen molar-refractivity contribution in [2.24, 2.45) is 5.92 Å². The van der Waals surface area contributed by atoms with Crippen LogP contribution >= 0.6 is 0 Å². The summed E-state index contributed by atoms with van der Waals surface area (Å²) < 4.78 is 0. The Labute approximate surface area is 125 Å². The fourth-order valence-corrected chi connectivity index (χ4v) is 4.88. The van der Waals surface area contributed by atoms with E-state index in [1.165, 1.54) is 64.7 Å². The highest BCUT2D eigenvalue weighted by Gasteiger charge is 2.42. The molecule has 0 aromatic heterocycles. The molecule has 0 bridgehead atoms. The maximum absolute atomic E-state index is 3.92. The Morgan fingerprint density at radius 3 is 2.55 bits per heavy atom. The molecule has 0 amide bonds. The lowest BCUT2D eigenvalue weighted by molar-refractivity contribution is -0.0108. The van der Waals surface area contributed by atoms with Gasteiger partial charge in [-0.25, -0.2) is 0 Å². The Bertz CT molecular complexity index is 324. The van der Waals surface area contributed by atoms with Gasteiger partial charge >= 0.3 is 0 Å². The predicted molar refractivity (Wildman–Crippen MR) is 85.1 cm³/mol. The molecule has 0 aromatic carbocycles. The lowest BCUT2D eigenvalue weighted by atomic mass is 9.78. The molecule has 3 unspecified atom stereocenters. The normalized spacial score (nSPS) is 40.0. The summed E-state index contributed by atoms with van der Waals surface area (Å²) in [6.07, 6.45) is 8.46. The van der Waals surface area contributed by atoms with Gasteiger partial charge in [0.15, 0.2) is 0 Å². The summed E-state index contributed by atoms with van der Waals surface area (Å²) in [5.41, 5.74) is 0.452. The lowest BCUT2D eigenvalue weighted by Crippen LogP contribution is -2.67. The van der Waals surface area contributed by atoms with Gasteiger partial charge in [-0.1, -0.05) is 26.2 Å². The Kier molecular flexibility index (Phi) is 4.40. The molecule has 3 atom stereocenters. The highest BCUT2D eigenvalue weighted by molar-refractivity contribution is 5.01. The molecule has 2 heterocycles. The molecule has 3 nitrogen and oxygen atoms in total. The molecule has 3 heteroatoms. The van der Waals surface area contributed by atoms with Crippen molar-refractivity contribution in [1.29, 1.82) is 0 Å². The van der Waals surface area contributed by atoms with Crippen molar-refractivity contribution in [1.82, 2.24) is 15.1 Å². The van der Waals surface area contributed by atoms with Crippen LogP contribution in [0.15, 0.2) is 0 Å². The van der Waals surface area contributed by atoms with Crippen molar-refractivity contribution in [3.8, 4) is 0 Å². The van der Waals surface area contributed by atoms with Gasteiger partial charge < -0.3 is 10.2 Å². The molecule has 1 aliphatic carbocycles. The molecular weight excluding hydrogens is 246 g/mol. The Morgan fingerprint density at radius 2 is 1.85 bits per heavy atom. The van der Waals surface area contributed by atoms with Gasteiger partial charge in [0.05, 0.1) is 0 Å². The molecule has 1 saturated carbocycles. The van der Waals surface area contributed by atoms with Gasteiger partial charge in [-0.2, -0.15) is 0 Å². The lowest BCUT2D eigenvalue weighted by Gasteiger charge is -2.53. The summed E-state index contributed by atoms with van der Waals surface area (Å²) in [7, 11) is 2.27. The van der Waals surface area contributed by atoms with Crippen LogP contribution in [-0.2, 0) is 0 Å². The summed E-state index contributed by atoms with van der Waals surface area (Å²) in [6.45, 7) is 9.93. The number of hydrogen-bond donors (Lipinski definition) is 1. The van der Waals surface area contributed by atoms with E-state index in [-0.39, 0.29) is 0 Å². The van der Waals surface area contributed by atoms with Gasteiger partial charge in [0, 0.05) is 37.3 Å². The van der Waals surface area contributed by atoms with Crippen molar-refractivity contribution in [2.45, 2.75) is 70.0 Å². The zero-order valence-corrected chi connectivity index (χ0v) is 13.7. The summed E-state index contributed by atoms with van der Waals surface area (Å²) in [6, 6.07) is 1.51. The van der Waals surface area contributed by atoms with Crippen LogP contribution in [0.5, 0.6) is 0 Å². The van der Waals surface area contributed by atoms with Crippen molar-refractivity contribution >= 4 is 0 Å². The minimum absolute atomic E-state index is 0.452. The van der Waals surface area contributed by atoms with Crippen molar-refractivity contribution < 1.29 is 0 Å². The number of piperazine rings is 1. The molecule has 0 radical (unpaired) electrons. The standard InChI is InChI=1S/C17H33N3/c1-14-12-19(3)10-7-16(14)20-13-17(18-11-15(20)2)8-5-4-6-9-17/h14-16,18H,4-13H2,1-3H3. The quantitative estimate of drug-likeness (QED) is 0.795. The number of nitrogens with one attached hydrogen (secondary N) is 1. The maximum Gasteiger partial charge on any atom is 0.0309 e. The van der Waals surface area contributed by atoms with Crippen LogP contribution in [0.3, 0.4) is 0 Å². The fourth-order valence-electron chi connectivity index (χ4n) is 4.88. The molecule has 1 spiro atoms. The highest BCUT2D eigenvalue weighted by atomic mass is 15.3. The van der Waals surface area contributed by atoms with E-state index in [0.717, 1.165) is 12.0 Å². The van der Waals surface area contributed by atoms with Crippen LogP contribution < -0.4 is 5.32 Å². The van der Waals surface area contributed by atoms with Crippen molar-refractivity contribution in [2.75, 3.05) is 33.2 Å². The average Bonchev–Trinajstić information content (AvgIpc) is 2.43. The predicted octanol–water partition coefficient (Wildman–Crippen LogP) is 2.32. The second-order valence-corrected chi connectivity index (χ2v) is 7.84. The van der Waals surface area contributed by atoms with Crippen molar-refractivity contribution in [3.05, 3.63) is 0 Å². The van der Waals surface area contributed by atoms with Crippen molar-refractivity contribution in [3.63, 3.8) is 0 Å². The molecule has 3 fully saturated rings. The van der Waals surface area contributed by atoms with E-state index < -0.39 is 0 Å². The van der Waals surface area contributed by atoms with Gasteiger partial charge in [-0.3, -0.25) is 4.90 Å². The third-order valence-electron chi connectivity index (χ3n) is 6.12. The van der Waals surface area contributed by atoms with Crippen LogP contribution in [0.25, 0.3) is 0 Å². The van der Waals surface area contributed by atoms with Crippen LogP contribution in [0.4, 0.5) is 0 Å². The molecule has 3 rings (SSSR count). The van der Waals surface area contributed by atoms with E-state index in [9.17, 15) is 0 Å². The zero-order valence-electron chi connectivity index (χ0n) is 13.7. The van der Waals surface area contributed by atoms with E-state index in [2.05, 4.69) is 36.0 Å². The first-order chi connectivity index (χ1) is 9.60. The molecule has 2 saturated heterocycles. The van der Waals surface area contributed by atoms with E-state index >= 15 is 0 Å². The molecule has 2 aliphatic heterocycles. The number of rotatable bonds is 1. The summed E-state index contributed by atoms with van der Waals surface area (Å²) in [4.78, 5) is 5.38. The first-order valence-electron chi connectivity index (χ1n) is 8.79. The van der Waals surface area contributed by atoms with Crippen LogP contribution in [0.2, 0.25) is 0 Å². The Hall–Kier alpha value is -0.120. The van der Waals surface area contributed by atoms with Crippen LogP contribution in [-0.4, -0.2) is 60.6 Å². The number of hydrogen-bond acceptors (Lipinski definition) is 3. The van der Waals surface area contributed by atoms with E-state index in [0.29, 0.717) is 11.6 Å². The highest BCUT2D eigenvalue weighted by Crippen LogP contribution is 2.34. The zero-order chi connectivity index (χ0) is 14.2. The molecule has 116 valence electrons. The summed E-state index contributed by atoms with van der Waals surface area (Å²) >= 11 is 0. The first-order valence-corrected chi connectivity index (χ1v) is 8.79. The molecule has 1 N–H and O–H groups in total. The van der Waals surface area contributed by atoms with Gasteiger partial charge in [-0.05, 0) is 45.7 Å². The monoisotopic (exact) mass is 279 g/mol. The molecule has 0 aromatic rings. The fraction of sp³-hybridized carbons (Fsp3) is 1.00. The van der Waals surface area contributed by atoms with E-state index in [1.807, 2.05) is 0 Å². The number of nitrogens with zero attached hydrogens (tertiary/aromatic N) is 2. The third-order valence-corrected chi connectivity index (χ3v) is 6.12. The number of likely N-dealkylation sites (tertiary alicyclic amines) is 1. The summed E-state index contributed by atoms with van der Waals surface area (Å²) in [5.74, 6) is 0.815. The molecular formula is C17H33N3. The minimum atomic E-state index is 0.452. The molecule has 20 heavy (non-hydrogen) atoms. The molecule has 3 aliphatic rings. The Morgan fingerprint density at radius 1 is 1.10 bits per heavy atom. The second kappa shape index (κ2) is 5.94. The minimum Gasteiger partial charge on any atom is -0.308 e. The SMILES string of the molecule is CC1CN(C)CCC1N1CC2(CCCCC2)NCC1C. The Balaban J connectivity index is 1.70. The number of piperidine rings is 1. The topological polar surface area (TPSA) is 18.5 Å². The first kappa shape index (κ1) is 14.8.